The Kier molecular flexibility index (Phi) is 4.80. The molecule has 2 heterocycles. The van der Waals surface area contributed by atoms with Crippen LogP contribution in [-0.4, -0.2) is 42.8 Å². The Morgan fingerprint density at radius 3 is 2.68 bits per heavy atom. The topological polar surface area (TPSA) is 50.3 Å². The molecule has 0 atom stereocenters. The molecule has 22 heavy (non-hydrogen) atoms. The van der Waals surface area contributed by atoms with Crippen molar-refractivity contribution in [3.63, 3.8) is 0 Å². The highest BCUT2D eigenvalue weighted by atomic mass is 19.1. The predicted octanol–water partition coefficient (Wildman–Crippen LogP) is 2.11. The SMILES string of the molecule is Fc1ccc(CCNc2cc(N3CCOCC3)ncn2)cc1. The molecule has 1 aliphatic heterocycles. The summed E-state index contributed by atoms with van der Waals surface area (Å²) in [6.45, 7) is 3.91. The summed E-state index contributed by atoms with van der Waals surface area (Å²) in [6, 6.07) is 8.52. The van der Waals surface area contributed by atoms with Crippen molar-refractivity contribution in [1.29, 1.82) is 0 Å². The van der Waals surface area contributed by atoms with Crippen LogP contribution < -0.4 is 10.2 Å². The zero-order valence-corrected chi connectivity index (χ0v) is 12.3. The van der Waals surface area contributed by atoms with E-state index in [1.807, 2.05) is 6.07 Å². The Morgan fingerprint density at radius 2 is 1.91 bits per heavy atom. The zero-order valence-electron chi connectivity index (χ0n) is 12.3. The number of ether oxygens (including phenoxy) is 1. The first-order valence-electron chi connectivity index (χ1n) is 7.44. The Bertz CT molecular complexity index is 599. The first-order chi connectivity index (χ1) is 10.8. The van der Waals surface area contributed by atoms with Crippen LogP contribution in [-0.2, 0) is 11.2 Å². The molecule has 1 aromatic carbocycles. The fraction of sp³-hybridized carbons (Fsp3) is 0.375. The summed E-state index contributed by atoms with van der Waals surface area (Å²) in [5, 5.41) is 3.28. The summed E-state index contributed by atoms with van der Waals surface area (Å²) in [5.74, 6) is 1.52. The first kappa shape index (κ1) is 14.7. The van der Waals surface area contributed by atoms with E-state index in [2.05, 4.69) is 20.2 Å². The van der Waals surface area contributed by atoms with Gasteiger partial charge in [0.1, 0.15) is 23.8 Å². The van der Waals surface area contributed by atoms with Crippen LogP contribution in [0.2, 0.25) is 0 Å². The summed E-state index contributed by atoms with van der Waals surface area (Å²) in [7, 11) is 0. The van der Waals surface area contributed by atoms with Gasteiger partial charge in [-0.2, -0.15) is 0 Å². The molecule has 0 saturated carbocycles. The van der Waals surface area contributed by atoms with Crippen LogP contribution in [0.25, 0.3) is 0 Å². The van der Waals surface area contributed by atoms with Gasteiger partial charge >= 0.3 is 0 Å². The van der Waals surface area contributed by atoms with Gasteiger partial charge in [-0.1, -0.05) is 12.1 Å². The fourth-order valence-electron chi connectivity index (χ4n) is 2.40. The number of aromatic nitrogens is 2. The number of halogens is 1. The summed E-state index contributed by atoms with van der Waals surface area (Å²) in [4.78, 5) is 10.7. The van der Waals surface area contributed by atoms with E-state index in [9.17, 15) is 4.39 Å². The van der Waals surface area contributed by atoms with Crippen molar-refractivity contribution >= 4 is 11.6 Å². The highest BCUT2D eigenvalue weighted by Crippen LogP contribution is 2.15. The monoisotopic (exact) mass is 302 g/mol. The molecule has 6 heteroatoms. The van der Waals surface area contributed by atoms with Gasteiger partial charge in [-0.05, 0) is 24.1 Å². The van der Waals surface area contributed by atoms with Crippen molar-refractivity contribution in [1.82, 2.24) is 9.97 Å². The molecule has 0 bridgehead atoms. The van der Waals surface area contributed by atoms with E-state index in [-0.39, 0.29) is 5.82 Å². The molecule has 1 aliphatic rings. The Hall–Kier alpha value is -2.21. The lowest BCUT2D eigenvalue weighted by molar-refractivity contribution is 0.122. The summed E-state index contributed by atoms with van der Waals surface area (Å²) in [5.41, 5.74) is 1.09. The fourth-order valence-corrected chi connectivity index (χ4v) is 2.40. The van der Waals surface area contributed by atoms with Crippen LogP contribution in [0, 0.1) is 5.82 Å². The van der Waals surface area contributed by atoms with E-state index in [1.54, 1.807) is 18.5 Å². The molecule has 0 amide bonds. The third-order valence-electron chi connectivity index (χ3n) is 3.62. The van der Waals surface area contributed by atoms with E-state index < -0.39 is 0 Å². The summed E-state index contributed by atoms with van der Waals surface area (Å²) in [6.07, 6.45) is 2.39. The van der Waals surface area contributed by atoms with Gasteiger partial charge in [-0.25, -0.2) is 14.4 Å². The molecule has 3 rings (SSSR count). The van der Waals surface area contributed by atoms with E-state index >= 15 is 0 Å². The van der Waals surface area contributed by atoms with Crippen LogP contribution in [0.15, 0.2) is 36.7 Å². The molecule has 1 N–H and O–H groups in total. The third-order valence-corrected chi connectivity index (χ3v) is 3.62. The van der Waals surface area contributed by atoms with Crippen LogP contribution >= 0.6 is 0 Å². The van der Waals surface area contributed by atoms with Crippen LogP contribution in [0.4, 0.5) is 16.0 Å². The lowest BCUT2D eigenvalue weighted by atomic mass is 10.1. The average Bonchev–Trinajstić information content (AvgIpc) is 2.58. The Morgan fingerprint density at radius 1 is 1.14 bits per heavy atom. The highest BCUT2D eigenvalue weighted by molar-refractivity contribution is 5.48. The highest BCUT2D eigenvalue weighted by Gasteiger charge is 2.12. The largest absolute Gasteiger partial charge is 0.378 e. The lowest BCUT2D eigenvalue weighted by Crippen LogP contribution is -2.36. The van der Waals surface area contributed by atoms with Crippen LogP contribution in [0.1, 0.15) is 5.56 Å². The second kappa shape index (κ2) is 7.17. The molecule has 0 unspecified atom stereocenters. The van der Waals surface area contributed by atoms with Crippen molar-refractivity contribution < 1.29 is 9.13 Å². The van der Waals surface area contributed by atoms with Crippen molar-refractivity contribution in [3.8, 4) is 0 Å². The van der Waals surface area contributed by atoms with Crippen LogP contribution in [0.5, 0.6) is 0 Å². The molecule has 1 aromatic heterocycles. The van der Waals surface area contributed by atoms with Gasteiger partial charge in [-0.15, -0.1) is 0 Å². The number of morpholine rings is 1. The van der Waals surface area contributed by atoms with Gasteiger partial charge in [0.15, 0.2) is 0 Å². The Labute approximate surface area is 129 Å². The maximum Gasteiger partial charge on any atom is 0.134 e. The summed E-state index contributed by atoms with van der Waals surface area (Å²) < 4.78 is 18.2. The normalized spacial score (nSPS) is 14.9. The van der Waals surface area contributed by atoms with Crippen molar-refractivity contribution in [2.24, 2.45) is 0 Å². The number of anilines is 2. The van der Waals surface area contributed by atoms with E-state index in [0.717, 1.165) is 56.5 Å². The molecular formula is C16H19FN4O. The standard InChI is InChI=1S/C16H19FN4O/c17-14-3-1-13(2-4-14)5-6-18-15-11-16(20-12-19-15)21-7-9-22-10-8-21/h1-4,11-12H,5-10H2,(H,18,19,20). The van der Waals surface area contributed by atoms with Crippen LogP contribution in [0.3, 0.4) is 0 Å². The smallest absolute Gasteiger partial charge is 0.134 e. The second-order valence-corrected chi connectivity index (χ2v) is 5.16. The molecule has 116 valence electrons. The molecule has 2 aromatic rings. The van der Waals surface area contributed by atoms with E-state index in [4.69, 9.17) is 4.74 Å². The number of rotatable bonds is 5. The molecule has 0 radical (unpaired) electrons. The number of nitrogens with zero attached hydrogens (tertiary/aromatic N) is 3. The molecule has 0 aliphatic carbocycles. The summed E-state index contributed by atoms with van der Waals surface area (Å²) >= 11 is 0. The average molecular weight is 302 g/mol. The number of nitrogens with one attached hydrogen (secondary N) is 1. The minimum Gasteiger partial charge on any atom is -0.378 e. The number of hydrogen-bond donors (Lipinski definition) is 1. The molecule has 1 saturated heterocycles. The molecular weight excluding hydrogens is 283 g/mol. The van der Waals surface area contributed by atoms with Gasteiger partial charge in [0.05, 0.1) is 13.2 Å². The van der Waals surface area contributed by atoms with E-state index in [1.165, 1.54) is 12.1 Å². The minimum atomic E-state index is -0.206. The van der Waals surface area contributed by atoms with Gasteiger partial charge in [0.25, 0.3) is 0 Å². The first-order valence-corrected chi connectivity index (χ1v) is 7.44. The number of benzene rings is 1. The van der Waals surface area contributed by atoms with Gasteiger partial charge in [0.2, 0.25) is 0 Å². The van der Waals surface area contributed by atoms with Gasteiger partial charge in [-0.3, -0.25) is 0 Å². The maximum absolute atomic E-state index is 12.8. The minimum absolute atomic E-state index is 0.206. The van der Waals surface area contributed by atoms with Gasteiger partial charge < -0.3 is 15.0 Å². The molecule has 1 fully saturated rings. The number of hydrogen-bond acceptors (Lipinski definition) is 5. The third kappa shape index (κ3) is 3.92. The van der Waals surface area contributed by atoms with Crippen molar-refractivity contribution in [2.75, 3.05) is 43.1 Å². The maximum atomic E-state index is 12.8. The molecule has 0 spiro atoms. The van der Waals surface area contributed by atoms with Crippen molar-refractivity contribution in [3.05, 3.63) is 48.0 Å². The predicted molar refractivity (Wildman–Crippen MR) is 83.7 cm³/mol. The Balaban J connectivity index is 1.55. The zero-order chi connectivity index (χ0) is 15.2. The second-order valence-electron chi connectivity index (χ2n) is 5.16. The molecule has 5 nitrogen and oxygen atoms in total. The quantitative estimate of drug-likeness (QED) is 0.916. The van der Waals surface area contributed by atoms with E-state index in [0.29, 0.717) is 0 Å². The van der Waals surface area contributed by atoms with Crippen molar-refractivity contribution in [2.45, 2.75) is 6.42 Å². The van der Waals surface area contributed by atoms with Gasteiger partial charge in [0, 0.05) is 25.7 Å². The lowest BCUT2D eigenvalue weighted by Gasteiger charge is -2.27.